The number of carbonyl (C=O) groups excluding carboxylic acids is 1. The molecule has 2 fully saturated rings. The number of nitrogens with zero attached hydrogens (tertiary/aromatic N) is 1. The van der Waals surface area contributed by atoms with Gasteiger partial charge >= 0.3 is 0 Å². The van der Waals surface area contributed by atoms with Crippen molar-refractivity contribution in [2.24, 2.45) is 11.8 Å². The molecule has 1 aromatic rings. The molecule has 2 saturated heterocycles. The minimum atomic E-state index is -0.413. The third kappa shape index (κ3) is 4.29. The predicted molar refractivity (Wildman–Crippen MR) is 86.4 cm³/mol. The fraction of sp³-hybridized carbons (Fsp3) is 0.750. The van der Waals surface area contributed by atoms with Crippen LogP contribution in [0, 0.1) is 11.8 Å². The molecule has 2 aliphatic rings. The molecule has 0 aromatic carbocycles. The maximum absolute atomic E-state index is 12.3. The van der Waals surface area contributed by atoms with Gasteiger partial charge in [0.2, 0.25) is 6.29 Å². The number of amides is 1. The van der Waals surface area contributed by atoms with Crippen molar-refractivity contribution in [3.05, 3.63) is 16.1 Å². The molecule has 7 heteroatoms. The van der Waals surface area contributed by atoms with Gasteiger partial charge in [0.05, 0.1) is 25.5 Å². The van der Waals surface area contributed by atoms with Crippen molar-refractivity contribution in [2.45, 2.75) is 39.1 Å². The van der Waals surface area contributed by atoms with E-state index in [2.05, 4.69) is 24.1 Å². The highest BCUT2D eigenvalue weighted by molar-refractivity contribution is 7.13. The van der Waals surface area contributed by atoms with E-state index in [0.29, 0.717) is 47.6 Å². The topological polar surface area (TPSA) is 69.7 Å². The highest BCUT2D eigenvalue weighted by Crippen LogP contribution is 2.27. The summed E-state index contributed by atoms with van der Waals surface area (Å²) in [5.74, 6) is 0.928. The van der Waals surface area contributed by atoms with Crippen LogP contribution < -0.4 is 5.32 Å². The Hall–Kier alpha value is -1.02. The Bertz CT molecular complexity index is 528. The Labute approximate surface area is 140 Å². The number of carbonyl (C=O) groups is 1. The summed E-state index contributed by atoms with van der Waals surface area (Å²) in [5, 5.41) is 3.73. The van der Waals surface area contributed by atoms with Gasteiger partial charge in [0, 0.05) is 13.2 Å². The molecule has 3 heterocycles. The maximum atomic E-state index is 12.3. The van der Waals surface area contributed by atoms with Crippen LogP contribution in [0.4, 0.5) is 0 Å². The van der Waals surface area contributed by atoms with E-state index >= 15 is 0 Å². The molecular weight excluding hydrogens is 316 g/mol. The van der Waals surface area contributed by atoms with E-state index in [-0.39, 0.29) is 5.91 Å². The number of aromatic nitrogens is 1. The van der Waals surface area contributed by atoms with Crippen LogP contribution in [0.3, 0.4) is 0 Å². The summed E-state index contributed by atoms with van der Waals surface area (Å²) in [6.45, 7) is 6.98. The lowest BCUT2D eigenvalue weighted by Crippen LogP contribution is -2.36. The van der Waals surface area contributed by atoms with Crippen molar-refractivity contribution in [1.82, 2.24) is 10.3 Å². The molecule has 0 radical (unpaired) electrons. The minimum Gasteiger partial charge on any atom is -0.378 e. The zero-order valence-electron chi connectivity index (χ0n) is 13.6. The number of hydrogen-bond donors (Lipinski definition) is 1. The molecule has 3 rings (SSSR count). The first-order valence-corrected chi connectivity index (χ1v) is 9.04. The van der Waals surface area contributed by atoms with Crippen LogP contribution in [0.1, 0.15) is 47.7 Å². The molecule has 0 saturated carbocycles. The second kappa shape index (κ2) is 7.70. The lowest BCUT2D eigenvalue weighted by Gasteiger charge is -2.31. The predicted octanol–water partition coefficient (Wildman–Crippen LogP) is 2.37. The SMILES string of the molecule is CC(C)C1CC(CNC(=O)c2cnc(C3OCCO3)s2)CCO1. The Morgan fingerprint density at radius 1 is 1.35 bits per heavy atom. The minimum absolute atomic E-state index is 0.0701. The van der Waals surface area contributed by atoms with E-state index < -0.39 is 6.29 Å². The fourth-order valence-electron chi connectivity index (χ4n) is 2.88. The van der Waals surface area contributed by atoms with Gasteiger partial charge in [0.1, 0.15) is 9.88 Å². The van der Waals surface area contributed by atoms with E-state index in [1.807, 2.05) is 0 Å². The summed E-state index contributed by atoms with van der Waals surface area (Å²) in [6, 6.07) is 0. The second-order valence-electron chi connectivity index (χ2n) is 6.39. The average molecular weight is 340 g/mol. The monoisotopic (exact) mass is 340 g/mol. The molecule has 2 atom stereocenters. The Morgan fingerprint density at radius 2 is 2.13 bits per heavy atom. The number of hydrogen-bond acceptors (Lipinski definition) is 6. The van der Waals surface area contributed by atoms with Crippen LogP contribution >= 0.6 is 11.3 Å². The molecule has 1 amide bonds. The van der Waals surface area contributed by atoms with Crippen molar-refractivity contribution in [2.75, 3.05) is 26.4 Å². The van der Waals surface area contributed by atoms with E-state index in [0.717, 1.165) is 19.4 Å². The van der Waals surface area contributed by atoms with E-state index in [4.69, 9.17) is 14.2 Å². The molecule has 2 aliphatic heterocycles. The van der Waals surface area contributed by atoms with Crippen molar-refractivity contribution in [3.8, 4) is 0 Å². The molecular formula is C16H24N2O4S. The number of rotatable bonds is 5. The van der Waals surface area contributed by atoms with Crippen molar-refractivity contribution in [1.29, 1.82) is 0 Å². The van der Waals surface area contributed by atoms with Crippen LogP contribution in [0.25, 0.3) is 0 Å². The van der Waals surface area contributed by atoms with Crippen LogP contribution in [0.15, 0.2) is 6.20 Å². The summed E-state index contributed by atoms with van der Waals surface area (Å²) in [6.07, 6.45) is 3.50. The molecule has 0 bridgehead atoms. The van der Waals surface area contributed by atoms with Gasteiger partial charge in [-0.15, -0.1) is 11.3 Å². The third-order valence-corrected chi connectivity index (χ3v) is 5.31. The molecule has 6 nitrogen and oxygen atoms in total. The van der Waals surface area contributed by atoms with E-state index in [1.165, 1.54) is 11.3 Å². The van der Waals surface area contributed by atoms with E-state index in [9.17, 15) is 4.79 Å². The molecule has 128 valence electrons. The first-order valence-electron chi connectivity index (χ1n) is 8.22. The van der Waals surface area contributed by atoms with Gasteiger partial charge in [-0.3, -0.25) is 4.79 Å². The number of nitrogens with one attached hydrogen (secondary N) is 1. The number of thiazole rings is 1. The van der Waals surface area contributed by atoms with Gasteiger partial charge in [-0.1, -0.05) is 13.8 Å². The lowest BCUT2D eigenvalue weighted by atomic mass is 9.90. The summed E-state index contributed by atoms with van der Waals surface area (Å²) >= 11 is 1.33. The summed E-state index contributed by atoms with van der Waals surface area (Å²) in [5.41, 5.74) is 0. The van der Waals surface area contributed by atoms with Crippen molar-refractivity contribution >= 4 is 17.2 Å². The highest BCUT2D eigenvalue weighted by Gasteiger charge is 2.26. The molecule has 1 aromatic heterocycles. The standard InChI is InChI=1S/C16H24N2O4S/c1-10(2)12-7-11(3-4-20-12)8-17-14(19)13-9-18-15(23-13)16-21-5-6-22-16/h9-12,16H,3-8H2,1-2H3,(H,17,19). The summed E-state index contributed by atoms with van der Waals surface area (Å²) in [4.78, 5) is 17.1. The summed E-state index contributed by atoms with van der Waals surface area (Å²) < 4.78 is 16.6. The van der Waals surface area contributed by atoms with Crippen molar-refractivity contribution in [3.63, 3.8) is 0 Å². The van der Waals surface area contributed by atoms with Gasteiger partial charge in [0.25, 0.3) is 5.91 Å². The smallest absolute Gasteiger partial charge is 0.263 e. The Morgan fingerprint density at radius 3 is 2.87 bits per heavy atom. The molecule has 2 unspecified atom stereocenters. The molecule has 1 N–H and O–H groups in total. The Kier molecular flexibility index (Phi) is 5.63. The normalized spacial score (nSPS) is 25.9. The zero-order chi connectivity index (χ0) is 16.2. The van der Waals surface area contributed by atoms with Gasteiger partial charge in [-0.05, 0) is 24.7 Å². The van der Waals surface area contributed by atoms with Gasteiger partial charge in [-0.2, -0.15) is 0 Å². The highest BCUT2D eigenvalue weighted by atomic mass is 32.1. The fourth-order valence-corrected chi connectivity index (χ4v) is 3.71. The largest absolute Gasteiger partial charge is 0.378 e. The van der Waals surface area contributed by atoms with Crippen LogP contribution in [0.2, 0.25) is 0 Å². The number of ether oxygens (including phenoxy) is 3. The van der Waals surface area contributed by atoms with Gasteiger partial charge in [-0.25, -0.2) is 4.98 Å². The molecule has 0 aliphatic carbocycles. The Balaban J connectivity index is 1.49. The average Bonchev–Trinajstić information content (AvgIpc) is 3.23. The van der Waals surface area contributed by atoms with Gasteiger partial charge in [0.15, 0.2) is 0 Å². The van der Waals surface area contributed by atoms with Crippen LogP contribution in [-0.4, -0.2) is 43.4 Å². The molecule has 23 heavy (non-hydrogen) atoms. The third-order valence-electron chi connectivity index (χ3n) is 4.29. The zero-order valence-corrected chi connectivity index (χ0v) is 14.4. The first-order chi connectivity index (χ1) is 11.1. The summed E-state index contributed by atoms with van der Waals surface area (Å²) in [7, 11) is 0. The lowest BCUT2D eigenvalue weighted by molar-refractivity contribution is -0.0442. The maximum Gasteiger partial charge on any atom is 0.263 e. The first kappa shape index (κ1) is 16.8. The second-order valence-corrected chi connectivity index (χ2v) is 7.45. The van der Waals surface area contributed by atoms with Crippen molar-refractivity contribution < 1.29 is 19.0 Å². The van der Waals surface area contributed by atoms with E-state index in [1.54, 1.807) is 6.20 Å². The van der Waals surface area contributed by atoms with Crippen LogP contribution in [0.5, 0.6) is 0 Å². The molecule has 0 spiro atoms. The van der Waals surface area contributed by atoms with Gasteiger partial charge < -0.3 is 19.5 Å². The quantitative estimate of drug-likeness (QED) is 0.891. The van der Waals surface area contributed by atoms with Crippen LogP contribution in [-0.2, 0) is 14.2 Å².